The topological polar surface area (TPSA) is 38.3 Å². The second kappa shape index (κ2) is 6.00. The van der Waals surface area contributed by atoms with Crippen LogP contribution in [0.4, 0.5) is 0 Å². The lowest BCUT2D eigenvalue weighted by Gasteiger charge is -2.20. The van der Waals surface area contributed by atoms with E-state index in [-0.39, 0.29) is 11.9 Å². The van der Waals surface area contributed by atoms with Gasteiger partial charge in [0, 0.05) is 19.6 Å². The Kier molecular flexibility index (Phi) is 5.72. The highest BCUT2D eigenvalue weighted by Gasteiger charge is 2.12. The molecule has 0 saturated heterocycles. The molecular formula is C9H19NO2. The molecule has 0 radical (unpaired) electrons. The van der Waals surface area contributed by atoms with Crippen LogP contribution in [0.3, 0.4) is 0 Å². The number of ether oxygens (including phenoxy) is 1. The van der Waals surface area contributed by atoms with E-state index >= 15 is 0 Å². The molecule has 0 aliphatic rings. The number of hydrogen-bond donors (Lipinski definition) is 1. The van der Waals surface area contributed by atoms with Gasteiger partial charge in [-0.15, -0.1) is 0 Å². The number of carbonyl (C=O) groups is 1. The van der Waals surface area contributed by atoms with Crippen LogP contribution >= 0.6 is 0 Å². The van der Waals surface area contributed by atoms with Gasteiger partial charge in [0.1, 0.15) is 0 Å². The molecule has 0 aliphatic carbocycles. The lowest BCUT2D eigenvalue weighted by molar-refractivity contribution is -0.121. The van der Waals surface area contributed by atoms with Crippen molar-refractivity contribution in [3.63, 3.8) is 0 Å². The quantitative estimate of drug-likeness (QED) is 0.678. The first-order valence-corrected chi connectivity index (χ1v) is 4.40. The average Bonchev–Trinajstić information content (AvgIpc) is 2.04. The van der Waals surface area contributed by atoms with Gasteiger partial charge in [0.15, 0.2) is 0 Å². The highest BCUT2D eigenvalue weighted by Crippen LogP contribution is 2.02. The Bertz CT molecular complexity index is 136. The monoisotopic (exact) mass is 173 g/mol. The van der Waals surface area contributed by atoms with Crippen LogP contribution in [0.2, 0.25) is 0 Å². The maximum Gasteiger partial charge on any atom is 0.219 e. The third kappa shape index (κ3) is 4.34. The minimum Gasteiger partial charge on any atom is -0.384 e. The van der Waals surface area contributed by atoms with Gasteiger partial charge in [-0.25, -0.2) is 0 Å². The summed E-state index contributed by atoms with van der Waals surface area (Å²) >= 11 is 0. The van der Waals surface area contributed by atoms with Crippen molar-refractivity contribution in [2.75, 3.05) is 13.7 Å². The Morgan fingerprint density at radius 2 is 2.08 bits per heavy atom. The van der Waals surface area contributed by atoms with Gasteiger partial charge in [-0.2, -0.15) is 0 Å². The molecule has 1 N–H and O–H groups in total. The molecular weight excluding hydrogens is 154 g/mol. The maximum absolute atomic E-state index is 11.0. The highest BCUT2D eigenvalue weighted by atomic mass is 16.5. The van der Waals surface area contributed by atoms with E-state index in [9.17, 15) is 4.79 Å². The van der Waals surface area contributed by atoms with Crippen LogP contribution in [0.1, 0.15) is 27.2 Å². The smallest absolute Gasteiger partial charge is 0.219 e. The predicted molar refractivity (Wildman–Crippen MR) is 48.9 cm³/mol. The zero-order valence-corrected chi connectivity index (χ0v) is 8.39. The van der Waals surface area contributed by atoms with E-state index in [0.29, 0.717) is 18.9 Å². The third-order valence-corrected chi connectivity index (χ3v) is 1.99. The molecule has 0 aromatic heterocycles. The van der Waals surface area contributed by atoms with Gasteiger partial charge in [-0.05, 0) is 12.8 Å². The minimum atomic E-state index is 0.102. The molecule has 0 spiro atoms. The number of methoxy groups -OCH3 is 1. The van der Waals surface area contributed by atoms with E-state index in [1.165, 1.54) is 0 Å². The summed E-state index contributed by atoms with van der Waals surface area (Å²) in [6.45, 7) is 6.59. The molecule has 0 saturated carbocycles. The van der Waals surface area contributed by atoms with Crippen molar-refractivity contribution in [3.8, 4) is 0 Å². The Morgan fingerprint density at radius 1 is 1.50 bits per heavy atom. The van der Waals surface area contributed by atoms with Crippen LogP contribution < -0.4 is 5.32 Å². The molecule has 0 bridgehead atoms. The summed E-state index contributed by atoms with van der Waals surface area (Å²) in [5.74, 6) is 0.468. The molecule has 12 heavy (non-hydrogen) atoms. The van der Waals surface area contributed by atoms with E-state index in [2.05, 4.69) is 12.2 Å². The van der Waals surface area contributed by atoms with Gasteiger partial charge >= 0.3 is 0 Å². The minimum absolute atomic E-state index is 0.102. The fourth-order valence-corrected chi connectivity index (χ4v) is 0.905. The van der Waals surface area contributed by atoms with Crippen LogP contribution in [0.15, 0.2) is 0 Å². The van der Waals surface area contributed by atoms with E-state index in [1.54, 1.807) is 7.11 Å². The fraction of sp³-hybridized carbons (Fsp3) is 0.889. The van der Waals surface area contributed by atoms with E-state index < -0.39 is 0 Å². The first-order chi connectivity index (χ1) is 5.61. The highest BCUT2D eigenvalue weighted by molar-refractivity contribution is 5.75. The molecule has 2 atom stereocenters. The zero-order chi connectivity index (χ0) is 9.56. The van der Waals surface area contributed by atoms with E-state index in [4.69, 9.17) is 4.74 Å². The van der Waals surface area contributed by atoms with E-state index in [1.807, 2.05) is 13.8 Å². The lowest BCUT2D eigenvalue weighted by Crippen LogP contribution is -2.38. The predicted octanol–water partition coefficient (Wildman–Crippen LogP) is 1.18. The molecule has 0 fully saturated rings. The molecule has 3 heteroatoms. The molecule has 72 valence electrons. The van der Waals surface area contributed by atoms with Crippen LogP contribution in [0.5, 0.6) is 0 Å². The zero-order valence-electron chi connectivity index (χ0n) is 8.39. The molecule has 3 nitrogen and oxygen atoms in total. The Balaban J connectivity index is 3.69. The molecule has 0 aromatic rings. The standard InChI is InChI=1S/C9H19NO2/c1-5-9(11)10-8(3)7(2)6-12-4/h7-8H,5-6H2,1-4H3,(H,10,11)/t7-,8+/m0/s1. The van der Waals surface area contributed by atoms with Crippen molar-refractivity contribution in [2.24, 2.45) is 5.92 Å². The molecule has 0 rings (SSSR count). The third-order valence-electron chi connectivity index (χ3n) is 1.99. The van der Waals surface area contributed by atoms with Crippen LogP contribution in [0.25, 0.3) is 0 Å². The molecule has 1 amide bonds. The van der Waals surface area contributed by atoms with Crippen LogP contribution in [0, 0.1) is 5.92 Å². The molecule has 0 unspecified atom stereocenters. The molecule has 0 heterocycles. The largest absolute Gasteiger partial charge is 0.384 e. The first kappa shape index (κ1) is 11.4. The summed E-state index contributed by atoms with van der Waals surface area (Å²) in [7, 11) is 1.67. The Morgan fingerprint density at radius 3 is 2.50 bits per heavy atom. The van der Waals surface area contributed by atoms with E-state index in [0.717, 1.165) is 0 Å². The van der Waals surface area contributed by atoms with Crippen LogP contribution in [-0.4, -0.2) is 25.7 Å². The van der Waals surface area contributed by atoms with Gasteiger partial charge < -0.3 is 10.1 Å². The summed E-state index contributed by atoms with van der Waals surface area (Å²) in [5.41, 5.74) is 0. The lowest BCUT2D eigenvalue weighted by atomic mass is 10.1. The Labute approximate surface area is 74.5 Å². The first-order valence-electron chi connectivity index (χ1n) is 4.40. The van der Waals surface area contributed by atoms with Crippen molar-refractivity contribution >= 4 is 5.91 Å². The van der Waals surface area contributed by atoms with Gasteiger partial charge in [0.25, 0.3) is 0 Å². The van der Waals surface area contributed by atoms with Crippen molar-refractivity contribution in [1.29, 1.82) is 0 Å². The van der Waals surface area contributed by atoms with Crippen molar-refractivity contribution in [3.05, 3.63) is 0 Å². The number of amides is 1. The van der Waals surface area contributed by atoms with Gasteiger partial charge in [0.05, 0.1) is 6.61 Å². The van der Waals surface area contributed by atoms with Crippen LogP contribution in [-0.2, 0) is 9.53 Å². The average molecular weight is 173 g/mol. The Hall–Kier alpha value is -0.570. The summed E-state index contributed by atoms with van der Waals surface area (Å²) in [5, 5.41) is 2.90. The summed E-state index contributed by atoms with van der Waals surface area (Å²) in [4.78, 5) is 11.0. The molecule has 0 aliphatic heterocycles. The summed E-state index contributed by atoms with van der Waals surface area (Å²) in [6.07, 6.45) is 0.546. The number of hydrogen-bond acceptors (Lipinski definition) is 2. The number of carbonyl (C=O) groups excluding carboxylic acids is 1. The van der Waals surface area contributed by atoms with Crippen molar-refractivity contribution < 1.29 is 9.53 Å². The number of nitrogens with one attached hydrogen (secondary N) is 1. The van der Waals surface area contributed by atoms with Gasteiger partial charge in [0.2, 0.25) is 5.91 Å². The molecule has 0 aromatic carbocycles. The van der Waals surface area contributed by atoms with Crippen molar-refractivity contribution in [2.45, 2.75) is 33.2 Å². The second-order valence-corrected chi connectivity index (χ2v) is 3.14. The number of rotatable bonds is 5. The maximum atomic E-state index is 11.0. The van der Waals surface area contributed by atoms with Gasteiger partial charge in [-0.1, -0.05) is 13.8 Å². The van der Waals surface area contributed by atoms with Gasteiger partial charge in [-0.3, -0.25) is 4.79 Å². The summed E-state index contributed by atoms with van der Waals surface area (Å²) < 4.78 is 4.99. The second-order valence-electron chi connectivity index (χ2n) is 3.14. The SMILES string of the molecule is CCC(=O)N[C@H](C)[C@@H](C)COC. The van der Waals surface area contributed by atoms with Crippen molar-refractivity contribution in [1.82, 2.24) is 5.32 Å². The normalized spacial score (nSPS) is 15.3. The fourth-order valence-electron chi connectivity index (χ4n) is 0.905. The summed E-state index contributed by atoms with van der Waals surface area (Å²) in [6, 6.07) is 0.192.